The third kappa shape index (κ3) is 3.33. The Morgan fingerprint density at radius 2 is 1.76 bits per heavy atom. The first-order chi connectivity index (χ1) is 12.2. The second-order valence-electron chi connectivity index (χ2n) is 7.78. The van der Waals surface area contributed by atoms with Crippen LogP contribution in [-0.4, -0.2) is 29.8 Å². The molecule has 5 nitrogen and oxygen atoms in total. The third-order valence-corrected chi connectivity index (χ3v) is 6.21. The van der Waals surface area contributed by atoms with Gasteiger partial charge < -0.3 is 14.6 Å². The summed E-state index contributed by atoms with van der Waals surface area (Å²) in [5.41, 5.74) is 1.12. The highest BCUT2D eigenvalue weighted by molar-refractivity contribution is 5.88. The van der Waals surface area contributed by atoms with Gasteiger partial charge in [-0.15, -0.1) is 0 Å². The summed E-state index contributed by atoms with van der Waals surface area (Å²) in [5, 5.41) is 3.24. The second-order valence-corrected chi connectivity index (χ2v) is 7.78. The number of aryl methyl sites for hydroxylation is 1. The van der Waals surface area contributed by atoms with E-state index >= 15 is 0 Å². The van der Waals surface area contributed by atoms with Gasteiger partial charge in [0.05, 0.1) is 12.3 Å². The average Bonchev–Trinajstić information content (AvgIpc) is 3.33. The molecule has 1 aromatic rings. The number of nitrogens with one attached hydrogen (secondary N) is 1. The van der Waals surface area contributed by atoms with Gasteiger partial charge in [-0.1, -0.05) is 12.8 Å². The van der Waals surface area contributed by atoms with Crippen molar-refractivity contribution < 1.29 is 14.0 Å². The molecule has 0 unspecified atom stereocenters. The molecule has 25 heavy (non-hydrogen) atoms. The van der Waals surface area contributed by atoms with Gasteiger partial charge in [0.1, 0.15) is 5.76 Å². The molecule has 2 amide bonds. The van der Waals surface area contributed by atoms with Gasteiger partial charge in [-0.25, -0.2) is 0 Å². The highest BCUT2D eigenvalue weighted by atomic mass is 16.3. The Balaban J connectivity index is 1.45. The van der Waals surface area contributed by atoms with Gasteiger partial charge in [0.15, 0.2) is 0 Å². The van der Waals surface area contributed by atoms with Crippen molar-refractivity contribution in [2.45, 2.75) is 63.8 Å². The first-order valence-electron chi connectivity index (χ1n) is 9.89. The molecule has 0 spiro atoms. The quantitative estimate of drug-likeness (QED) is 0.916. The lowest BCUT2D eigenvalue weighted by atomic mass is 9.77. The van der Waals surface area contributed by atoms with E-state index in [2.05, 4.69) is 5.32 Å². The maximum atomic E-state index is 13.0. The largest absolute Gasteiger partial charge is 0.469 e. The SMILES string of the molecule is O=C(N[C@@H]1CCCc2occc21)[C@@H]1CCCC[C@@H]1C(=O)N1CCCC1. The molecule has 0 radical (unpaired) electrons. The van der Waals surface area contributed by atoms with Crippen LogP contribution in [-0.2, 0) is 16.0 Å². The molecule has 0 aromatic carbocycles. The predicted molar refractivity (Wildman–Crippen MR) is 93.8 cm³/mol. The number of carbonyl (C=O) groups excluding carboxylic acids is 2. The Morgan fingerprint density at radius 3 is 2.56 bits per heavy atom. The maximum Gasteiger partial charge on any atom is 0.226 e. The summed E-state index contributed by atoms with van der Waals surface area (Å²) in [5.74, 6) is 0.990. The summed E-state index contributed by atoms with van der Waals surface area (Å²) in [6.07, 6.45) is 10.6. The number of furan rings is 1. The van der Waals surface area contributed by atoms with Crippen molar-refractivity contribution in [3.8, 4) is 0 Å². The van der Waals surface area contributed by atoms with Crippen molar-refractivity contribution in [2.24, 2.45) is 11.8 Å². The lowest BCUT2D eigenvalue weighted by molar-refractivity contribution is -0.143. The Hall–Kier alpha value is -1.78. The molecular weight excluding hydrogens is 316 g/mol. The van der Waals surface area contributed by atoms with Crippen LogP contribution < -0.4 is 5.32 Å². The van der Waals surface area contributed by atoms with Gasteiger partial charge in [-0.2, -0.15) is 0 Å². The van der Waals surface area contributed by atoms with Crippen LogP contribution in [0.15, 0.2) is 16.7 Å². The van der Waals surface area contributed by atoms with Crippen LogP contribution in [0.5, 0.6) is 0 Å². The molecule has 1 saturated carbocycles. The molecule has 5 heteroatoms. The number of amides is 2. The van der Waals surface area contributed by atoms with Gasteiger partial charge in [-0.3, -0.25) is 9.59 Å². The molecular formula is C20H28N2O3. The fourth-order valence-electron chi connectivity index (χ4n) is 4.83. The van der Waals surface area contributed by atoms with E-state index in [0.717, 1.165) is 82.2 Å². The van der Waals surface area contributed by atoms with E-state index < -0.39 is 0 Å². The fraction of sp³-hybridized carbons (Fsp3) is 0.700. The summed E-state index contributed by atoms with van der Waals surface area (Å²) < 4.78 is 5.53. The molecule has 2 heterocycles. The zero-order chi connectivity index (χ0) is 17.2. The normalized spacial score (nSPS) is 29.3. The van der Waals surface area contributed by atoms with Gasteiger partial charge in [-0.05, 0) is 44.6 Å². The molecule has 1 aliphatic heterocycles. The molecule has 3 aliphatic rings. The minimum Gasteiger partial charge on any atom is -0.469 e. The molecule has 0 bridgehead atoms. The molecule has 1 N–H and O–H groups in total. The molecule has 4 rings (SSSR count). The van der Waals surface area contributed by atoms with E-state index in [4.69, 9.17) is 4.42 Å². The number of hydrogen-bond acceptors (Lipinski definition) is 3. The van der Waals surface area contributed by atoms with Gasteiger partial charge in [0.2, 0.25) is 11.8 Å². The molecule has 3 atom stereocenters. The van der Waals surface area contributed by atoms with Crippen LogP contribution in [0.25, 0.3) is 0 Å². The first kappa shape index (κ1) is 16.7. The maximum absolute atomic E-state index is 13.0. The van der Waals surface area contributed by atoms with E-state index in [1.54, 1.807) is 6.26 Å². The second kappa shape index (κ2) is 7.22. The smallest absolute Gasteiger partial charge is 0.226 e. The van der Waals surface area contributed by atoms with Crippen molar-refractivity contribution in [3.05, 3.63) is 23.7 Å². The molecule has 2 aliphatic carbocycles. The minimum atomic E-state index is -0.167. The highest BCUT2D eigenvalue weighted by Crippen LogP contribution is 2.35. The lowest BCUT2D eigenvalue weighted by Gasteiger charge is -2.34. The summed E-state index contributed by atoms with van der Waals surface area (Å²) in [7, 11) is 0. The molecule has 136 valence electrons. The molecule has 2 fully saturated rings. The first-order valence-corrected chi connectivity index (χ1v) is 9.89. The number of fused-ring (bicyclic) bond motifs is 1. The van der Waals surface area contributed by atoms with E-state index in [1.165, 1.54) is 0 Å². The van der Waals surface area contributed by atoms with Gasteiger partial charge in [0, 0.05) is 36.9 Å². The van der Waals surface area contributed by atoms with Crippen molar-refractivity contribution in [2.75, 3.05) is 13.1 Å². The summed E-state index contributed by atoms with van der Waals surface area (Å²) >= 11 is 0. The van der Waals surface area contributed by atoms with Crippen molar-refractivity contribution in [1.82, 2.24) is 10.2 Å². The van der Waals surface area contributed by atoms with Gasteiger partial charge in [0.25, 0.3) is 0 Å². The Morgan fingerprint density at radius 1 is 1.00 bits per heavy atom. The van der Waals surface area contributed by atoms with Crippen molar-refractivity contribution in [1.29, 1.82) is 0 Å². The predicted octanol–water partition coefficient (Wildman–Crippen LogP) is 3.20. The topological polar surface area (TPSA) is 62.6 Å². The van der Waals surface area contributed by atoms with E-state index in [9.17, 15) is 9.59 Å². The Labute approximate surface area is 149 Å². The number of carbonyl (C=O) groups is 2. The minimum absolute atomic E-state index is 0.0412. The van der Waals surface area contributed by atoms with Crippen LogP contribution in [0.4, 0.5) is 0 Å². The standard InChI is InChI=1S/C20H28N2O3/c23-19(21-17-8-5-9-18-16(17)10-13-25-18)14-6-1-2-7-15(14)20(24)22-11-3-4-12-22/h10,13-15,17H,1-9,11-12H2,(H,21,23)/t14-,15+,17-/m1/s1. The van der Waals surface area contributed by atoms with E-state index in [0.29, 0.717) is 0 Å². The monoisotopic (exact) mass is 344 g/mol. The lowest BCUT2D eigenvalue weighted by Crippen LogP contribution is -2.45. The number of nitrogens with zero attached hydrogens (tertiary/aromatic N) is 1. The molecule has 1 saturated heterocycles. The van der Waals surface area contributed by atoms with Crippen LogP contribution in [0.1, 0.15) is 68.7 Å². The number of likely N-dealkylation sites (tertiary alicyclic amines) is 1. The summed E-state index contributed by atoms with van der Waals surface area (Å²) in [6.45, 7) is 1.73. The summed E-state index contributed by atoms with van der Waals surface area (Å²) in [4.78, 5) is 27.9. The zero-order valence-corrected chi connectivity index (χ0v) is 14.8. The van der Waals surface area contributed by atoms with Crippen LogP contribution >= 0.6 is 0 Å². The number of rotatable bonds is 3. The summed E-state index contributed by atoms with van der Waals surface area (Å²) in [6, 6.07) is 2.02. The zero-order valence-electron chi connectivity index (χ0n) is 14.8. The Bertz CT molecular complexity index is 633. The third-order valence-electron chi connectivity index (χ3n) is 6.21. The van der Waals surface area contributed by atoms with E-state index in [-0.39, 0.29) is 29.7 Å². The average molecular weight is 344 g/mol. The fourth-order valence-corrected chi connectivity index (χ4v) is 4.83. The van der Waals surface area contributed by atoms with Crippen molar-refractivity contribution in [3.63, 3.8) is 0 Å². The highest BCUT2D eigenvalue weighted by Gasteiger charge is 2.39. The number of hydrogen-bond donors (Lipinski definition) is 1. The van der Waals surface area contributed by atoms with E-state index in [1.807, 2.05) is 11.0 Å². The van der Waals surface area contributed by atoms with Crippen LogP contribution in [0.2, 0.25) is 0 Å². The van der Waals surface area contributed by atoms with Crippen LogP contribution in [0, 0.1) is 11.8 Å². The Kier molecular flexibility index (Phi) is 4.82. The van der Waals surface area contributed by atoms with Gasteiger partial charge >= 0.3 is 0 Å². The van der Waals surface area contributed by atoms with Crippen LogP contribution in [0.3, 0.4) is 0 Å². The molecule has 1 aromatic heterocycles. The van der Waals surface area contributed by atoms with Crippen molar-refractivity contribution >= 4 is 11.8 Å².